The first kappa shape index (κ1) is 22.7. The van der Waals surface area contributed by atoms with Crippen LogP contribution in [0.15, 0.2) is 83.8 Å². The van der Waals surface area contributed by atoms with Gasteiger partial charge in [-0.1, -0.05) is 49.4 Å². The van der Waals surface area contributed by atoms with E-state index in [-0.39, 0.29) is 23.3 Å². The first-order chi connectivity index (χ1) is 15.9. The topological polar surface area (TPSA) is 84.9 Å². The van der Waals surface area contributed by atoms with Crippen molar-refractivity contribution in [3.8, 4) is 11.5 Å². The Bertz CT molecular complexity index is 1210. The molecule has 2 unspecified atom stereocenters. The van der Waals surface area contributed by atoms with Crippen molar-refractivity contribution in [1.82, 2.24) is 5.32 Å². The van der Waals surface area contributed by atoms with Gasteiger partial charge in [-0.25, -0.2) is 8.42 Å². The minimum absolute atomic E-state index is 0.102. The summed E-state index contributed by atoms with van der Waals surface area (Å²) in [5.74, 6) is 0.644. The monoisotopic (exact) mass is 466 g/mol. The highest BCUT2D eigenvalue weighted by atomic mass is 32.2. The number of para-hydroxylation sites is 2. The van der Waals surface area contributed by atoms with E-state index in [0.29, 0.717) is 23.7 Å². The standard InChI is InChI=1S/C25H26N2O5S/c1-18(19-8-4-3-5-9-19)16-26-25(28)24-17-27(22-10-6-7-11-23(22)32-24)33(29,30)21-14-12-20(31-2)13-15-21/h3-15,18,24H,16-17H2,1-2H3,(H,26,28). The van der Waals surface area contributed by atoms with Crippen LogP contribution in [0.3, 0.4) is 0 Å². The Hall–Kier alpha value is -3.52. The summed E-state index contributed by atoms with van der Waals surface area (Å²) < 4.78 is 39.2. The molecule has 7 nitrogen and oxygen atoms in total. The second-order valence-electron chi connectivity index (χ2n) is 7.84. The van der Waals surface area contributed by atoms with Crippen LogP contribution in [-0.4, -0.2) is 40.6 Å². The number of sulfonamides is 1. The zero-order valence-corrected chi connectivity index (χ0v) is 19.3. The van der Waals surface area contributed by atoms with Crippen molar-refractivity contribution in [2.75, 3.05) is 24.5 Å². The van der Waals surface area contributed by atoms with Crippen LogP contribution in [0.2, 0.25) is 0 Å². The molecule has 0 spiro atoms. The molecule has 0 saturated heterocycles. The van der Waals surface area contributed by atoms with Gasteiger partial charge in [0.05, 0.1) is 24.2 Å². The van der Waals surface area contributed by atoms with Crippen molar-refractivity contribution in [3.05, 3.63) is 84.4 Å². The number of ether oxygens (including phenoxy) is 2. The van der Waals surface area contributed by atoms with Gasteiger partial charge in [-0.15, -0.1) is 0 Å². The second kappa shape index (κ2) is 9.54. The third-order valence-corrected chi connectivity index (χ3v) is 7.42. The molecule has 3 aromatic rings. The lowest BCUT2D eigenvalue weighted by molar-refractivity contribution is -0.127. The minimum Gasteiger partial charge on any atom is -0.497 e. The normalized spacial score (nSPS) is 16.3. The molecular weight excluding hydrogens is 440 g/mol. The molecule has 1 heterocycles. The zero-order valence-electron chi connectivity index (χ0n) is 18.5. The van der Waals surface area contributed by atoms with Crippen molar-refractivity contribution >= 4 is 21.6 Å². The number of amides is 1. The number of methoxy groups -OCH3 is 1. The molecule has 1 N–H and O–H groups in total. The molecule has 1 aliphatic heterocycles. The van der Waals surface area contributed by atoms with Crippen molar-refractivity contribution in [2.24, 2.45) is 0 Å². The highest BCUT2D eigenvalue weighted by Crippen LogP contribution is 2.37. The van der Waals surface area contributed by atoms with Crippen LogP contribution in [-0.2, 0) is 14.8 Å². The van der Waals surface area contributed by atoms with Gasteiger partial charge in [0.2, 0.25) is 0 Å². The summed E-state index contributed by atoms with van der Waals surface area (Å²) in [6.45, 7) is 2.31. The van der Waals surface area contributed by atoms with Crippen LogP contribution in [0.25, 0.3) is 0 Å². The lowest BCUT2D eigenvalue weighted by atomic mass is 10.0. The molecule has 33 heavy (non-hydrogen) atoms. The maximum absolute atomic E-state index is 13.5. The quantitative estimate of drug-likeness (QED) is 0.575. The average Bonchev–Trinajstić information content (AvgIpc) is 2.86. The second-order valence-corrected chi connectivity index (χ2v) is 9.71. The molecule has 0 saturated carbocycles. The fraction of sp³-hybridized carbons (Fsp3) is 0.240. The molecule has 2 atom stereocenters. The van der Waals surface area contributed by atoms with Crippen molar-refractivity contribution in [3.63, 3.8) is 0 Å². The Labute approximate surface area is 194 Å². The maximum atomic E-state index is 13.5. The summed E-state index contributed by atoms with van der Waals surface area (Å²) in [5, 5.41) is 2.91. The third-order valence-electron chi connectivity index (χ3n) is 5.63. The van der Waals surface area contributed by atoms with Gasteiger partial charge >= 0.3 is 0 Å². The highest BCUT2D eigenvalue weighted by Gasteiger charge is 2.37. The van der Waals surface area contributed by atoms with Gasteiger partial charge in [0.1, 0.15) is 11.5 Å². The number of nitrogens with zero attached hydrogens (tertiary/aromatic N) is 1. The molecule has 0 aliphatic carbocycles. The van der Waals surface area contributed by atoms with Gasteiger partial charge in [-0.05, 0) is 47.9 Å². The van der Waals surface area contributed by atoms with E-state index in [0.717, 1.165) is 5.56 Å². The fourth-order valence-electron chi connectivity index (χ4n) is 3.71. The van der Waals surface area contributed by atoms with E-state index in [1.165, 1.54) is 23.5 Å². The number of hydrogen-bond donors (Lipinski definition) is 1. The number of anilines is 1. The lowest BCUT2D eigenvalue weighted by Crippen LogP contribution is -2.51. The third kappa shape index (κ3) is 4.80. The van der Waals surface area contributed by atoms with Crippen LogP contribution >= 0.6 is 0 Å². The number of carbonyl (C=O) groups is 1. The summed E-state index contributed by atoms with van der Waals surface area (Å²) in [7, 11) is -2.41. The molecule has 0 aromatic heterocycles. The molecule has 4 rings (SSSR count). The minimum atomic E-state index is -3.92. The number of rotatable bonds is 7. The zero-order chi connectivity index (χ0) is 23.4. The smallest absolute Gasteiger partial charge is 0.264 e. The predicted octanol–water partition coefficient (Wildman–Crippen LogP) is 3.57. The highest BCUT2D eigenvalue weighted by molar-refractivity contribution is 7.92. The Balaban J connectivity index is 1.55. The van der Waals surface area contributed by atoms with Gasteiger partial charge in [0.15, 0.2) is 6.10 Å². The SMILES string of the molecule is COc1ccc(S(=O)(=O)N2CC(C(=O)NCC(C)c3ccccc3)Oc3ccccc32)cc1. The van der Waals surface area contributed by atoms with E-state index in [1.807, 2.05) is 37.3 Å². The Morgan fingerprint density at radius 1 is 1.06 bits per heavy atom. The number of nitrogens with one attached hydrogen (secondary N) is 1. The van der Waals surface area contributed by atoms with E-state index in [4.69, 9.17) is 9.47 Å². The van der Waals surface area contributed by atoms with Crippen molar-refractivity contribution in [2.45, 2.75) is 23.8 Å². The molecule has 172 valence electrons. The van der Waals surface area contributed by atoms with E-state index in [1.54, 1.807) is 36.4 Å². The molecule has 1 aliphatic rings. The summed E-state index contributed by atoms with van der Waals surface area (Å²) in [4.78, 5) is 13.1. The molecule has 0 radical (unpaired) electrons. The molecule has 8 heteroatoms. The Morgan fingerprint density at radius 2 is 1.73 bits per heavy atom. The van der Waals surface area contributed by atoms with E-state index in [9.17, 15) is 13.2 Å². The van der Waals surface area contributed by atoms with Gasteiger partial charge in [0.25, 0.3) is 15.9 Å². The van der Waals surface area contributed by atoms with Gasteiger partial charge in [0, 0.05) is 6.54 Å². The van der Waals surface area contributed by atoms with Gasteiger partial charge in [-0.2, -0.15) is 0 Å². The van der Waals surface area contributed by atoms with Crippen LogP contribution in [0.5, 0.6) is 11.5 Å². The summed E-state index contributed by atoms with van der Waals surface area (Å²) in [6, 6.07) is 22.8. The molecule has 3 aromatic carbocycles. The van der Waals surface area contributed by atoms with Crippen LogP contribution in [0, 0.1) is 0 Å². The van der Waals surface area contributed by atoms with Crippen LogP contribution < -0.4 is 19.1 Å². The average molecular weight is 467 g/mol. The van der Waals surface area contributed by atoms with Crippen LogP contribution in [0.1, 0.15) is 18.4 Å². The molecule has 0 bridgehead atoms. The summed E-state index contributed by atoms with van der Waals surface area (Å²) in [6.07, 6.45) is -0.976. The van der Waals surface area contributed by atoms with Crippen molar-refractivity contribution < 1.29 is 22.7 Å². The van der Waals surface area contributed by atoms with E-state index >= 15 is 0 Å². The first-order valence-electron chi connectivity index (χ1n) is 10.7. The van der Waals surface area contributed by atoms with Gasteiger partial charge in [-0.3, -0.25) is 9.10 Å². The fourth-order valence-corrected chi connectivity index (χ4v) is 5.18. The first-order valence-corrected chi connectivity index (χ1v) is 12.1. The lowest BCUT2D eigenvalue weighted by Gasteiger charge is -2.34. The Kier molecular flexibility index (Phi) is 6.55. The van der Waals surface area contributed by atoms with Gasteiger partial charge < -0.3 is 14.8 Å². The van der Waals surface area contributed by atoms with E-state index < -0.39 is 16.1 Å². The number of fused-ring (bicyclic) bond motifs is 1. The van der Waals surface area contributed by atoms with Crippen molar-refractivity contribution in [1.29, 1.82) is 0 Å². The number of hydrogen-bond acceptors (Lipinski definition) is 5. The molecule has 0 fully saturated rings. The predicted molar refractivity (Wildman–Crippen MR) is 126 cm³/mol. The summed E-state index contributed by atoms with van der Waals surface area (Å²) >= 11 is 0. The largest absolute Gasteiger partial charge is 0.497 e. The van der Waals surface area contributed by atoms with E-state index in [2.05, 4.69) is 5.32 Å². The Morgan fingerprint density at radius 3 is 2.42 bits per heavy atom. The number of carbonyl (C=O) groups excluding carboxylic acids is 1. The molecule has 1 amide bonds. The number of benzene rings is 3. The maximum Gasteiger partial charge on any atom is 0.264 e. The van der Waals surface area contributed by atoms with Crippen LogP contribution in [0.4, 0.5) is 5.69 Å². The summed E-state index contributed by atoms with van der Waals surface area (Å²) in [5.41, 5.74) is 1.51. The molecular formula is C25H26N2O5S.